The van der Waals surface area contributed by atoms with E-state index in [1.807, 2.05) is 25.1 Å². The lowest BCUT2D eigenvalue weighted by Crippen LogP contribution is -2.11. The summed E-state index contributed by atoms with van der Waals surface area (Å²) in [7, 11) is 3.09. The van der Waals surface area contributed by atoms with Crippen LogP contribution in [0.25, 0.3) is 11.3 Å². The fourth-order valence-electron chi connectivity index (χ4n) is 2.45. The molecule has 0 saturated carbocycles. The van der Waals surface area contributed by atoms with Crippen LogP contribution in [0.3, 0.4) is 0 Å². The van der Waals surface area contributed by atoms with E-state index in [1.54, 1.807) is 37.4 Å². The van der Waals surface area contributed by atoms with Gasteiger partial charge in [-0.2, -0.15) is 0 Å². The van der Waals surface area contributed by atoms with E-state index in [1.165, 1.54) is 7.11 Å². The number of hydrogen-bond donors (Lipinski definition) is 1. The number of hydrogen-bond acceptors (Lipinski definition) is 4. The summed E-state index contributed by atoms with van der Waals surface area (Å²) in [5.74, 6) is 1.51. The molecule has 1 heterocycles. The number of nitrogens with one attached hydrogen (secondary N) is 1. The first-order valence-corrected chi connectivity index (χ1v) is 8.29. The van der Waals surface area contributed by atoms with Gasteiger partial charge in [0, 0.05) is 16.7 Å². The van der Waals surface area contributed by atoms with Crippen LogP contribution in [0, 0.1) is 6.92 Å². The minimum absolute atomic E-state index is 0.189. The van der Waals surface area contributed by atoms with E-state index in [4.69, 9.17) is 25.5 Å². The second-order valence-corrected chi connectivity index (χ2v) is 6.06. The van der Waals surface area contributed by atoms with Crippen molar-refractivity contribution >= 4 is 23.2 Å². The third-order valence-corrected chi connectivity index (χ3v) is 4.35. The molecule has 0 bridgehead atoms. The van der Waals surface area contributed by atoms with Crippen molar-refractivity contribution in [1.29, 1.82) is 0 Å². The van der Waals surface area contributed by atoms with Crippen LogP contribution >= 0.6 is 11.6 Å². The van der Waals surface area contributed by atoms with Gasteiger partial charge < -0.3 is 19.2 Å². The highest BCUT2D eigenvalue weighted by molar-refractivity contribution is 6.31. The number of rotatable bonds is 5. The van der Waals surface area contributed by atoms with E-state index >= 15 is 0 Å². The predicted octanol–water partition coefficient (Wildman–Crippen LogP) is 5.18. The van der Waals surface area contributed by atoms with Gasteiger partial charge in [-0.25, -0.2) is 0 Å². The lowest BCUT2D eigenvalue weighted by atomic mass is 10.1. The lowest BCUT2D eigenvalue weighted by Gasteiger charge is -2.10. The van der Waals surface area contributed by atoms with E-state index in [0.29, 0.717) is 28.0 Å². The summed E-state index contributed by atoms with van der Waals surface area (Å²) in [6.07, 6.45) is 0. The molecule has 1 N–H and O–H groups in total. The largest absolute Gasteiger partial charge is 0.497 e. The molecular weight excluding hydrogens is 354 g/mol. The van der Waals surface area contributed by atoms with Crippen LogP contribution in [0.1, 0.15) is 16.1 Å². The van der Waals surface area contributed by atoms with Gasteiger partial charge in [0.05, 0.1) is 19.9 Å². The molecule has 0 atom stereocenters. The fraction of sp³-hybridized carbons (Fsp3) is 0.150. The average Bonchev–Trinajstić information content (AvgIpc) is 3.14. The van der Waals surface area contributed by atoms with Gasteiger partial charge in [-0.3, -0.25) is 4.79 Å². The van der Waals surface area contributed by atoms with Crippen molar-refractivity contribution in [2.45, 2.75) is 6.92 Å². The van der Waals surface area contributed by atoms with Gasteiger partial charge in [0.1, 0.15) is 17.3 Å². The van der Waals surface area contributed by atoms with Crippen molar-refractivity contribution < 1.29 is 18.7 Å². The molecule has 0 radical (unpaired) electrons. The number of aryl methyl sites for hydroxylation is 1. The zero-order valence-electron chi connectivity index (χ0n) is 14.6. The molecule has 0 fully saturated rings. The standard InChI is InChI=1S/C20H18ClNO4/c1-12-4-5-13(10-15(12)21)17-8-9-18(26-17)20(23)22-16-7-6-14(24-2)11-19(16)25-3/h4-11H,1-3H3,(H,22,23). The predicted molar refractivity (Wildman–Crippen MR) is 101 cm³/mol. The summed E-state index contributed by atoms with van der Waals surface area (Å²) >= 11 is 6.15. The van der Waals surface area contributed by atoms with Crippen molar-refractivity contribution in [2.75, 3.05) is 19.5 Å². The normalized spacial score (nSPS) is 10.5. The van der Waals surface area contributed by atoms with Gasteiger partial charge in [-0.1, -0.05) is 23.7 Å². The summed E-state index contributed by atoms with van der Waals surface area (Å²) in [5.41, 5.74) is 2.31. The van der Waals surface area contributed by atoms with E-state index in [2.05, 4.69) is 5.32 Å². The highest BCUT2D eigenvalue weighted by Crippen LogP contribution is 2.30. The Balaban J connectivity index is 1.81. The fourth-order valence-corrected chi connectivity index (χ4v) is 2.63. The minimum atomic E-state index is -0.377. The number of amides is 1. The van der Waals surface area contributed by atoms with Gasteiger partial charge in [-0.15, -0.1) is 0 Å². The molecule has 0 aliphatic carbocycles. The zero-order chi connectivity index (χ0) is 18.7. The molecule has 5 nitrogen and oxygen atoms in total. The van der Waals surface area contributed by atoms with Crippen LogP contribution < -0.4 is 14.8 Å². The molecule has 134 valence electrons. The number of halogens is 1. The molecular formula is C20H18ClNO4. The van der Waals surface area contributed by atoms with Crippen molar-refractivity contribution in [1.82, 2.24) is 0 Å². The Kier molecular flexibility index (Phi) is 5.19. The van der Waals surface area contributed by atoms with Crippen molar-refractivity contribution in [3.63, 3.8) is 0 Å². The number of methoxy groups -OCH3 is 2. The highest BCUT2D eigenvalue weighted by atomic mass is 35.5. The Morgan fingerprint density at radius 1 is 1.04 bits per heavy atom. The van der Waals surface area contributed by atoms with Gasteiger partial charge >= 0.3 is 0 Å². The Morgan fingerprint density at radius 2 is 1.85 bits per heavy atom. The van der Waals surface area contributed by atoms with E-state index in [0.717, 1.165) is 11.1 Å². The summed E-state index contributed by atoms with van der Waals surface area (Å²) in [6, 6.07) is 14.1. The second kappa shape index (κ2) is 7.54. The Morgan fingerprint density at radius 3 is 2.54 bits per heavy atom. The van der Waals surface area contributed by atoms with E-state index in [9.17, 15) is 4.79 Å². The third kappa shape index (κ3) is 3.68. The summed E-state index contributed by atoms with van der Waals surface area (Å²) in [4.78, 5) is 12.5. The Labute approximate surface area is 156 Å². The maximum Gasteiger partial charge on any atom is 0.291 e. The number of benzene rings is 2. The first-order valence-electron chi connectivity index (χ1n) is 7.91. The SMILES string of the molecule is COc1ccc(NC(=O)c2ccc(-c3ccc(C)c(Cl)c3)o2)c(OC)c1. The van der Waals surface area contributed by atoms with E-state index in [-0.39, 0.29) is 11.7 Å². The maximum absolute atomic E-state index is 12.5. The van der Waals surface area contributed by atoms with Crippen LogP contribution in [0.15, 0.2) is 52.9 Å². The van der Waals surface area contributed by atoms with Crippen LogP contribution in [0.4, 0.5) is 5.69 Å². The van der Waals surface area contributed by atoms with Crippen LogP contribution in [0.5, 0.6) is 11.5 Å². The molecule has 6 heteroatoms. The lowest BCUT2D eigenvalue weighted by molar-refractivity contribution is 0.0997. The molecule has 3 rings (SSSR count). The number of carbonyl (C=O) groups is 1. The van der Waals surface area contributed by atoms with Crippen LogP contribution in [0.2, 0.25) is 5.02 Å². The Bertz CT molecular complexity index is 949. The molecule has 1 aromatic heterocycles. The zero-order valence-corrected chi connectivity index (χ0v) is 15.4. The van der Waals surface area contributed by atoms with Gasteiger partial charge in [0.2, 0.25) is 0 Å². The molecule has 26 heavy (non-hydrogen) atoms. The first-order chi connectivity index (χ1) is 12.5. The molecule has 0 spiro atoms. The summed E-state index contributed by atoms with van der Waals surface area (Å²) in [5, 5.41) is 3.42. The molecule has 3 aromatic rings. The first kappa shape index (κ1) is 17.9. The number of carbonyl (C=O) groups excluding carboxylic acids is 1. The topological polar surface area (TPSA) is 60.7 Å². The van der Waals surface area contributed by atoms with Crippen LogP contribution in [-0.4, -0.2) is 20.1 Å². The van der Waals surface area contributed by atoms with Crippen LogP contribution in [-0.2, 0) is 0 Å². The summed E-state index contributed by atoms with van der Waals surface area (Å²) in [6.45, 7) is 1.93. The molecule has 0 saturated heterocycles. The summed E-state index contributed by atoms with van der Waals surface area (Å²) < 4.78 is 16.1. The maximum atomic E-state index is 12.5. The minimum Gasteiger partial charge on any atom is -0.497 e. The van der Waals surface area contributed by atoms with Gasteiger partial charge in [0.25, 0.3) is 5.91 Å². The average molecular weight is 372 g/mol. The molecule has 0 unspecified atom stereocenters. The third-order valence-electron chi connectivity index (χ3n) is 3.94. The van der Waals surface area contributed by atoms with Gasteiger partial charge in [0.15, 0.2) is 5.76 Å². The van der Waals surface area contributed by atoms with Crippen molar-refractivity contribution in [3.8, 4) is 22.8 Å². The monoisotopic (exact) mass is 371 g/mol. The number of anilines is 1. The number of furan rings is 1. The molecule has 0 aliphatic heterocycles. The van der Waals surface area contributed by atoms with Crippen molar-refractivity contribution in [3.05, 3.63) is 64.9 Å². The smallest absolute Gasteiger partial charge is 0.291 e. The van der Waals surface area contributed by atoms with E-state index < -0.39 is 0 Å². The number of ether oxygens (including phenoxy) is 2. The second-order valence-electron chi connectivity index (χ2n) is 5.65. The highest BCUT2D eigenvalue weighted by Gasteiger charge is 2.15. The van der Waals surface area contributed by atoms with Crippen molar-refractivity contribution in [2.24, 2.45) is 0 Å². The molecule has 1 amide bonds. The quantitative estimate of drug-likeness (QED) is 0.671. The molecule has 0 aliphatic rings. The Hall–Kier alpha value is -2.92. The molecule has 2 aromatic carbocycles. The van der Waals surface area contributed by atoms with Gasteiger partial charge in [-0.05, 0) is 42.8 Å².